The molecule has 1 unspecified atom stereocenters. The average Bonchev–Trinajstić information content (AvgIpc) is 2.38. The SMILES string of the molecule is CC1C(=O)NC(=O)CN1CC(=O)Nc1ccc(N)cc1. The van der Waals surface area contributed by atoms with Crippen LogP contribution in [0, 0.1) is 0 Å². The van der Waals surface area contributed by atoms with Crippen LogP contribution in [0.1, 0.15) is 6.92 Å². The van der Waals surface area contributed by atoms with Crippen molar-refractivity contribution in [2.24, 2.45) is 0 Å². The summed E-state index contributed by atoms with van der Waals surface area (Å²) in [6.07, 6.45) is 0. The molecule has 1 atom stereocenters. The lowest BCUT2D eigenvalue weighted by Gasteiger charge is -2.30. The maximum absolute atomic E-state index is 11.9. The van der Waals surface area contributed by atoms with Crippen LogP contribution < -0.4 is 16.4 Å². The van der Waals surface area contributed by atoms with Crippen LogP contribution in [0.4, 0.5) is 11.4 Å². The van der Waals surface area contributed by atoms with Gasteiger partial charge >= 0.3 is 0 Å². The van der Waals surface area contributed by atoms with Crippen molar-refractivity contribution < 1.29 is 14.4 Å². The van der Waals surface area contributed by atoms with Gasteiger partial charge in [0.05, 0.1) is 19.1 Å². The molecule has 106 valence electrons. The van der Waals surface area contributed by atoms with Crippen LogP contribution >= 0.6 is 0 Å². The van der Waals surface area contributed by atoms with Gasteiger partial charge in [-0.3, -0.25) is 24.6 Å². The van der Waals surface area contributed by atoms with E-state index in [0.717, 1.165) is 0 Å². The van der Waals surface area contributed by atoms with E-state index in [-0.39, 0.29) is 24.9 Å². The van der Waals surface area contributed by atoms with Gasteiger partial charge in [-0.05, 0) is 31.2 Å². The number of nitrogens with one attached hydrogen (secondary N) is 2. The third-order valence-corrected chi connectivity index (χ3v) is 3.08. The highest BCUT2D eigenvalue weighted by Crippen LogP contribution is 2.11. The standard InChI is InChI=1S/C13H16N4O3/c1-8-13(20)16-12(19)7-17(8)6-11(18)15-10-4-2-9(14)3-5-10/h2-5,8H,6-7,14H2,1H3,(H,15,18)(H,16,19,20). The van der Waals surface area contributed by atoms with Crippen LogP contribution in [0.5, 0.6) is 0 Å². The van der Waals surface area contributed by atoms with Crippen LogP contribution in [0.25, 0.3) is 0 Å². The smallest absolute Gasteiger partial charge is 0.243 e. The summed E-state index contributed by atoms with van der Waals surface area (Å²) in [6, 6.07) is 6.21. The molecule has 0 saturated carbocycles. The Morgan fingerprint density at radius 2 is 2.05 bits per heavy atom. The van der Waals surface area contributed by atoms with E-state index in [2.05, 4.69) is 10.6 Å². The van der Waals surface area contributed by atoms with Gasteiger partial charge in [0.1, 0.15) is 0 Å². The zero-order valence-electron chi connectivity index (χ0n) is 11.1. The van der Waals surface area contributed by atoms with E-state index in [4.69, 9.17) is 5.73 Å². The molecule has 0 aromatic heterocycles. The summed E-state index contributed by atoms with van der Waals surface area (Å²) in [5, 5.41) is 4.91. The molecule has 1 aliphatic heterocycles. The molecule has 1 aromatic carbocycles. The Kier molecular flexibility index (Phi) is 3.99. The van der Waals surface area contributed by atoms with Gasteiger partial charge < -0.3 is 11.1 Å². The number of carbonyl (C=O) groups is 3. The molecule has 4 N–H and O–H groups in total. The first kappa shape index (κ1) is 14.0. The molecule has 0 radical (unpaired) electrons. The third-order valence-electron chi connectivity index (χ3n) is 3.08. The second kappa shape index (κ2) is 5.70. The molecule has 1 aromatic rings. The van der Waals surface area contributed by atoms with Crippen molar-refractivity contribution in [1.82, 2.24) is 10.2 Å². The molecule has 1 heterocycles. The monoisotopic (exact) mass is 276 g/mol. The minimum absolute atomic E-state index is 0.0231. The van der Waals surface area contributed by atoms with E-state index in [0.29, 0.717) is 11.4 Å². The summed E-state index contributed by atoms with van der Waals surface area (Å²) < 4.78 is 0. The molecule has 20 heavy (non-hydrogen) atoms. The van der Waals surface area contributed by atoms with E-state index >= 15 is 0 Å². The molecule has 1 aliphatic rings. The van der Waals surface area contributed by atoms with E-state index in [1.165, 1.54) is 4.90 Å². The van der Waals surface area contributed by atoms with E-state index in [1.807, 2.05) is 0 Å². The lowest BCUT2D eigenvalue weighted by atomic mass is 10.2. The first-order valence-electron chi connectivity index (χ1n) is 6.19. The maximum Gasteiger partial charge on any atom is 0.243 e. The number of amides is 3. The molecule has 7 heteroatoms. The second-order valence-electron chi connectivity index (χ2n) is 4.66. The first-order valence-corrected chi connectivity index (χ1v) is 6.19. The van der Waals surface area contributed by atoms with Crippen molar-refractivity contribution >= 4 is 29.1 Å². The van der Waals surface area contributed by atoms with Crippen LogP contribution in [-0.4, -0.2) is 41.8 Å². The van der Waals surface area contributed by atoms with E-state index in [1.54, 1.807) is 31.2 Å². The number of anilines is 2. The number of carbonyl (C=O) groups excluding carboxylic acids is 3. The van der Waals surface area contributed by atoms with Crippen LogP contribution in [0.15, 0.2) is 24.3 Å². The minimum atomic E-state index is -0.509. The molecular weight excluding hydrogens is 260 g/mol. The molecule has 0 spiro atoms. The Morgan fingerprint density at radius 3 is 2.70 bits per heavy atom. The van der Waals surface area contributed by atoms with Gasteiger partial charge in [0.15, 0.2) is 0 Å². The fourth-order valence-electron chi connectivity index (χ4n) is 1.91. The highest BCUT2D eigenvalue weighted by molar-refractivity contribution is 6.02. The third kappa shape index (κ3) is 3.33. The summed E-state index contributed by atoms with van der Waals surface area (Å²) in [7, 11) is 0. The van der Waals surface area contributed by atoms with Gasteiger partial charge in [0.2, 0.25) is 17.7 Å². The predicted octanol–water partition coefficient (Wildman–Crippen LogP) is -0.446. The van der Waals surface area contributed by atoms with Crippen LogP contribution in [-0.2, 0) is 14.4 Å². The Bertz CT molecular complexity index is 541. The zero-order chi connectivity index (χ0) is 14.7. The summed E-state index contributed by atoms with van der Waals surface area (Å²) >= 11 is 0. The number of nitrogen functional groups attached to an aromatic ring is 1. The highest BCUT2D eigenvalue weighted by atomic mass is 16.2. The quantitative estimate of drug-likeness (QED) is 0.512. The maximum atomic E-state index is 11.9. The minimum Gasteiger partial charge on any atom is -0.399 e. The number of hydrogen-bond acceptors (Lipinski definition) is 5. The summed E-state index contributed by atoms with van der Waals surface area (Å²) in [5.74, 6) is -1.07. The van der Waals surface area contributed by atoms with Gasteiger partial charge in [0, 0.05) is 11.4 Å². The molecule has 3 amide bonds. The van der Waals surface area contributed by atoms with Crippen molar-refractivity contribution in [3.05, 3.63) is 24.3 Å². The fourth-order valence-corrected chi connectivity index (χ4v) is 1.91. The topological polar surface area (TPSA) is 105 Å². The number of rotatable bonds is 3. The molecule has 1 saturated heterocycles. The Balaban J connectivity index is 1.95. The van der Waals surface area contributed by atoms with Crippen LogP contribution in [0.3, 0.4) is 0 Å². The Morgan fingerprint density at radius 1 is 1.40 bits per heavy atom. The fraction of sp³-hybridized carbons (Fsp3) is 0.308. The number of nitrogens with zero attached hydrogens (tertiary/aromatic N) is 1. The molecule has 1 fully saturated rings. The van der Waals surface area contributed by atoms with Gasteiger partial charge in [-0.25, -0.2) is 0 Å². The van der Waals surface area contributed by atoms with Gasteiger partial charge in [-0.2, -0.15) is 0 Å². The second-order valence-corrected chi connectivity index (χ2v) is 4.66. The summed E-state index contributed by atoms with van der Waals surface area (Å²) in [4.78, 5) is 36.2. The number of piperazine rings is 1. The molecular formula is C13H16N4O3. The molecule has 7 nitrogen and oxygen atoms in total. The molecule has 0 aliphatic carbocycles. The van der Waals surface area contributed by atoms with Gasteiger partial charge in [-0.1, -0.05) is 0 Å². The van der Waals surface area contributed by atoms with E-state index < -0.39 is 11.9 Å². The average molecular weight is 276 g/mol. The Hall–Kier alpha value is -2.41. The number of benzene rings is 1. The lowest BCUT2D eigenvalue weighted by Crippen LogP contribution is -2.58. The van der Waals surface area contributed by atoms with Gasteiger partial charge in [-0.15, -0.1) is 0 Å². The normalized spacial score (nSPS) is 19.6. The van der Waals surface area contributed by atoms with Gasteiger partial charge in [0.25, 0.3) is 0 Å². The number of nitrogens with two attached hydrogens (primary N) is 1. The number of imide groups is 1. The molecule has 0 bridgehead atoms. The zero-order valence-corrected chi connectivity index (χ0v) is 11.1. The van der Waals surface area contributed by atoms with Crippen molar-refractivity contribution in [3.8, 4) is 0 Å². The van der Waals surface area contributed by atoms with Crippen molar-refractivity contribution in [1.29, 1.82) is 0 Å². The van der Waals surface area contributed by atoms with E-state index in [9.17, 15) is 14.4 Å². The molecule has 2 rings (SSSR count). The summed E-state index contributed by atoms with van der Waals surface area (Å²) in [5.41, 5.74) is 6.77. The Labute approximate surface area is 116 Å². The highest BCUT2D eigenvalue weighted by Gasteiger charge is 2.31. The van der Waals surface area contributed by atoms with Crippen LogP contribution in [0.2, 0.25) is 0 Å². The van der Waals surface area contributed by atoms with Crippen molar-refractivity contribution in [3.63, 3.8) is 0 Å². The largest absolute Gasteiger partial charge is 0.399 e. The summed E-state index contributed by atoms with van der Waals surface area (Å²) in [6.45, 7) is 1.66. The van der Waals surface area contributed by atoms with Crippen molar-refractivity contribution in [2.45, 2.75) is 13.0 Å². The lowest BCUT2D eigenvalue weighted by molar-refractivity contribution is -0.140. The first-order chi connectivity index (χ1) is 9.45. The predicted molar refractivity (Wildman–Crippen MR) is 73.7 cm³/mol. The number of hydrogen-bond donors (Lipinski definition) is 3. The van der Waals surface area contributed by atoms with Crippen molar-refractivity contribution in [2.75, 3.05) is 24.1 Å².